The summed E-state index contributed by atoms with van der Waals surface area (Å²) >= 11 is 0. The lowest BCUT2D eigenvalue weighted by molar-refractivity contribution is -0.132. The smallest absolute Gasteiger partial charge is 0.338 e. The number of carbonyl (C=O) groups is 5. The van der Waals surface area contributed by atoms with Crippen molar-refractivity contribution in [1.29, 1.82) is 0 Å². The van der Waals surface area contributed by atoms with E-state index < -0.39 is 58.5 Å². The summed E-state index contributed by atoms with van der Waals surface area (Å²) in [6.45, 7) is 19.6. The molecule has 0 aliphatic rings. The number of halogens is 2. The van der Waals surface area contributed by atoms with E-state index in [0.717, 1.165) is 30.4 Å². The fraction of sp³-hybridized carbons (Fsp3) is 0.108. The lowest BCUT2D eigenvalue weighted by Crippen LogP contribution is -2.13. The summed E-state index contributed by atoms with van der Waals surface area (Å²) in [5, 5.41) is 0. The quantitative estimate of drug-likeness (QED) is 0.111. The first-order chi connectivity index (χ1) is 23.0. The third kappa shape index (κ3) is 9.78. The Hall–Kier alpha value is -6.43. The van der Waals surface area contributed by atoms with Crippen molar-refractivity contribution in [3.05, 3.63) is 120 Å². The molecule has 0 radical (unpaired) electrons. The molecule has 0 atom stereocenters. The van der Waals surface area contributed by atoms with Crippen molar-refractivity contribution >= 4 is 35.9 Å². The van der Waals surface area contributed by atoms with Gasteiger partial charge in [-0.05, 0) is 69.7 Å². The monoisotopic (exact) mass is 672 g/mol. The van der Waals surface area contributed by atoms with E-state index >= 15 is 0 Å². The third-order valence-electron chi connectivity index (χ3n) is 6.11. The van der Waals surface area contributed by atoms with Crippen molar-refractivity contribution in [2.45, 2.75) is 27.7 Å². The number of rotatable bonds is 12. The molecule has 0 aliphatic carbocycles. The zero-order chi connectivity index (χ0) is 36.6. The van der Waals surface area contributed by atoms with E-state index in [4.69, 9.17) is 23.7 Å². The molecule has 12 heteroatoms. The Morgan fingerprint density at radius 1 is 0.551 bits per heavy atom. The summed E-state index contributed by atoms with van der Waals surface area (Å²) in [6.07, 6.45) is 1.64. The normalized spacial score (nSPS) is 10.5. The molecule has 49 heavy (non-hydrogen) atoms. The van der Waals surface area contributed by atoms with Gasteiger partial charge in [0.25, 0.3) is 0 Å². The van der Waals surface area contributed by atoms with Crippen LogP contribution in [0.25, 0.3) is 17.2 Å². The average molecular weight is 673 g/mol. The summed E-state index contributed by atoms with van der Waals surface area (Å²) in [6, 6.07) is 10.3. The van der Waals surface area contributed by atoms with Gasteiger partial charge in [0.2, 0.25) is 5.82 Å². The molecule has 3 aromatic carbocycles. The lowest BCUT2D eigenvalue weighted by Gasteiger charge is -2.16. The fourth-order valence-electron chi connectivity index (χ4n) is 3.52. The molecule has 10 nitrogen and oxygen atoms in total. The molecule has 0 fully saturated rings. The highest BCUT2D eigenvalue weighted by Gasteiger charge is 2.22. The van der Waals surface area contributed by atoms with Gasteiger partial charge in [-0.1, -0.05) is 38.4 Å². The minimum Gasteiger partial charge on any atom is -0.423 e. The van der Waals surface area contributed by atoms with Crippen molar-refractivity contribution < 1.29 is 56.4 Å². The first-order valence-electron chi connectivity index (χ1n) is 14.2. The standard InChI is InChI=1S/C37H30F2O10/c1-19(2)34(41)45-25-13-9-23(10-14-25)26-17-29(49-37(44)22(7)8)30(18-28(26)48-36(43)21(5)6)46-31(40)16-12-24-11-15-27(33(39)32(24)38)47-35(42)20(3)4/h9-18H,1,3,5,7H2,2,4,6,8H3/b16-12+. The van der Waals surface area contributed by atoms with E-state index in [1.807, 2.05) is 0 Å². The van der Waals surface area contributed by atoms with Crippen LogP contribution in [0.1, 0.15) is 33.3 Å². The Kier molecular flexibility index (Phi) is 12.0. The summed E-state index contributed by atoms with van der Waals surface area (Å²) in [5.41, 5.74) is 0.334. The van der Waals surface area contributed by atoms with Crippen LogP contribution in [0, 0.1) is 11.6 Å². The highest BCUT2D eigenvalue weighted by molar-refractivity contribution is 5.94. The second-order valence-electron chi connectivity index (χ2n) is 10.5. The van der Waals surface area contributed by atoms with Gasteiger partial charge in [-0.25, -0.2) is 28.4 Å². The molecule has 0 saturated heterocycles. The van der Waals surface area contributed by atoms with Crippen LogP contribution in [-0.2, 0) is 24.0 Å². The van der Waals surface area contributed by atoms with Gasteiger partial charge in [-0.2, -0.15) is 4.39 Å². The highest BCUT2D eigenvalue weighted by atomic mass is 19.2. The number of esters is 5. The highest BCUT2D eigenvalue weighted by Crippen LogP contribution is 2.42. The molecule has 0 unspecified atom stereocenters. The Balaban J connectivity index is 2.04. The number of ether oxygens (including phenoxy) is 5. The maximum atomic E-state index is 14.7. The zero-order valence-corrected chi connectivity index (χ0v) is 26.9. The molecule has 0 aromatic heterocycles. The summed E-state index contributed by atoms with van der Waals surface area (Å²) in [5.74, 6) is -8.77. The molecule has 0 heterocycles. The van der Waals surface area contributed by atoms with E-state index in [1.165, 1.54) is 58.0 Å². The number of hydrogen-bond donors (Lipinski definition) is 0. The van der Waals surface area contributed by atoms with Crippen LogP contribution in [-0.4, -0.2) is 29.8 Å². The molecule has 0 aliphatic heterocycles. The molecule has 3 aromatic rings. The summed E-state index contributed by atoms with van der Waals surface area (Å²) in [7, 11) is 0. The predicted molar refractivity (Wildman–Crippen MR) is 175 cm³/mol. The van der Waals surface area contributed by atoms with Gasteiger partial charge in [0.15, 0.2) is 23.1 Å². The van der Waals surface area contributed by atoms with Crippen LogP contribution < -0.4 is 23.7 Å². The van der Waals surface area contributed by atoms with Crippen molar-refractivity contribution in [3.8, 4) is 39.9 Å². The number of hydrogen-bond acceptors (Lipinski definition) is 10. The topological polar surface area (TPSA) is 132 Å². The predicted octanol–water partition coefficient (Wildman–Crippen LogP) is 7.18. The van der Waals surface area contributed by atoms with Crippen LogP contribution in [0.4, 0.5) is 8.78 Å². The van der Waals surface area contributed by atoms with Crippen molar-refractivity contribution in [2.24, 2.45) is 0 Å². The van der Waals surface area contributed by atoms with E-state index in [0.29, 0.717) is 5.56 Å². The SMILES string of the molecule is C=C(C)C(=O)Oc1ccc(-c2cc(OC(=O)C(=C)C)c(OC(=O)/C=C/c3ccc(OC(=O)C(=C)C)c(F)c3F)cc2OC(=O)C(=C)C)cc1. The summed E-state index contributed by atoms with van der Waals surface area (Å²) in [4.78, 5) is 61.6. The Morgan fingerprint density at radius 3 is 1.55 bits per heavy atom. The van der Waals surface area contributed by atoms with Crippen LogP contribution in [0.5, 0.6) is 28.7 Å². The van der Waals surface area contributed by atoms with Gasteiger partial charge in [-0.15, -0.1) is 0 Å². The van der Waals surface area contributed by atoms with Crippen LogP contribution in [0.15, 0.2) is 103 Å². The van der Waals surface area contributed by atoms with Crippen molar-refractivity contribution in [2.75, 3.05) is 0 Å². The minimum absolute atomic E-state index is 0.00457. The molecule has 0 N–H and O–H groups in total. The Morgan fingerprint density at radius 2 is 1.02 bits per heavy atom. The molecular formula is C37H30F2O10. The van der Waals surface area contributed by atoms with E-state index in [1.54, 1.807) is 0 Å². The maximum absolute atomic E-state index is 14.7. The van der Waals surface area contributed by atoms with E-state index in [9.17, 15) is 32.8 Å². The van der Waals surface area contributed by atoms with Gasteiger partial charge in [0.05, 0.1) is 0 Å². The first kappa shape index (κ1) is 37.0. The Labute approximate surface area is 280 Å². The second-order valence-corrected chi connectivity index (χ2v) is 10.5. The number of carbonyl (C=O) groups excluding carboxylic acids is 5. The molecule has 0 bridgehead atoms. The molecule has 252 valence electrons. The van der Waals surface area contributed by atoms with Crippen LogP contribution >= 0.6 is 0 Å². The van der Waals surface area contributed by atoms with Gasteiger partial charge >= 0.3 is 29.8 Å². The summed E-state index contributed by atoms with van der Waals surface area (Å²) < 4.78 is 55.5. The number of benzene rings is 3. The second kappa shape index (κ2) is 15.9. The minimum atomic E-state index is -1.49. The van der Waals surface area contributed by atoms with Gasteiger partial charge in [-0.3, -0.25) is 0 Å². The lowest BCUT2D eigenvalue weighted by atomic mass is 10.0. The Bertz CT molecular complexity index is 1950. The zero-order valence-electron chi connectivity index (χ0n) is 26.9. The van der Waals surface area contributed by atoms with Gasteiger partial charge in [0, 0.05) is 45.6 Å². The fourth-order valence-corrected chi connectivity index (χ4v) is 3.52. The first-order valence-corrected chi connectivity index (χ1v) is 14.2. The molecule has 3 rings (SSSR count). The van der Waals surface area contributed by atoms with Gasteiger partial charge < -0.3 is 23.7 Å². The maximum Gasteiger partial charge on any atom is 0.338 e. The molecular weight excluding hydrogens is 642 g/mol. The third-order valence-corrected chi connectivity index (χ3v) is 6.11. The largest absolute Gasteiger partial charge is 0.423 e. The molecule has 0 saturated carbocycles. The van der Waals surface area contributed by atoms with Gasteiger partial charge in [0.1, 0.15) is 11.5 Å². The molecule has 0 spiro atoms. The van der Waals surface area contributed by atoms with Crippen LogP contribution in [0.2, 0.25) is 0 Å². The average Bonchev–Trinajstić information content (AvgIpc) is 3.03. The van der Waals surface area contributed by atoms with Crippen molar-refractivity contribution in [3.63, 3.8) is 0 Å². The van der Waals surface area contributed by atoms with E-state index in [-0.39, 0.29) is 45.1 Å². The molecule has 0 amide bonds. The van der Waals surface area contributed by atoms with Crippen LogP contribution in [0.3, 0.4) is 0 Å². The van der Waals surface area contributed by atoms with Crippen molar-refractivity contribution in [1.82, 2.24) is 0 Å². The van der Waals surface area contributed by atoms with E-state index in [2.05, 4.69) is 26.3 Å².